The minimum atomic E-state index is -4.73. The number of anilines is 3. The van der Waals surface area contributed by atoms with Crippen molar-refractivity contribution >= 4 is 28.2 Å². The first-order chi connectivity index (χ1) is 9.37. The van der Waals surface area contributed by atoms with Gasteiger partial charge in [-0.1, -0.05) is 23.8 Å². The van der Waals surface area contributed by atoms with Crippen LogP contribution in [0.1, 0.15) is 26.7 Å². The van der Waals surface area contributed by atoms with E-state index in [2.05, 4.69) is 24.9 Å². The first-order valence-corrected chi connectivity index (χ1v) is 7.48. The van der Waals surface area contributed by atoms with Crippen LogP contribution in [0, 0.1) is 0 Å². The lowest BCUT2D eigenvalue weighted by Gasteiger charge is -2.08. The molecular formula is C9H20N6O5S. The Morgan fingerprint density at radius 3 is 2.33 bits per heavy atom. The molecule has 1 aromatic rings. The quantitative estimate of drug-likeness (QED) is 0.344. The van der Waals surface area contributed by atoms with Gasteiger partial charge >= 0.3 is 28.2 Å². The molecule has 0 aliphatic rings. The number of nitrogens with zero attached hydrogens (tertiary/aromatic N) is 3. The molecule has 0 aliphatic heterocycles. The summed E-state index contributed by atoms with van der Waals surface area (Å²) in [5, 5.41) is 5.75. The maximum Gasteiger partial charge on any atom is 0.472 e. The van der Waals surface area contributed by atoms with Gasteiger partial charge in [0.2, 0.25) is 0 Å². The number of aromatic nitrogens is 3. The monoisotopic (exact) mass is 324 g/mol. The summed E-state index contributed by atoms with van der Waals surface area (Å²) in [4.78, 5) is 7.88. The van der Waals surface area contributed by atoms with Crippen LogP contribution in [0.15, 0.2) is 0 Å². The molecule has 11 nitrogen and oxygen atoms in total. The molecule has 6 N–H and O–H groups in total. The van der Waals surface area contributed by atoms with Crippen LogP contribution in [-0.2, 0) is 10.4 Å². The Kier molecular flexibility index (Phi) is 7.62. The van der Waals surface area contributed by atoms with E-state index >= 15 is 0 Å². The zero-order chi connectivity index (χ0) is 15.2. The lowest BCUT2D eigenvalue weighted by molar-refractivity contribution is -0.837. The van der Waals surface area contributed by atoms with Gasteiger partial charge < -0.3 is 21.8 Å². The predicted octanol–water partition coefficient (Wildman–Crippen LogP) is -0.955. The molecule has 0 saturated heterocycles. The van der Waals surface area contributed by atoms with Gasteiger partial charge in [0.15, 0.2) is 0 Å². The van der Waals surface area contributed by atoms with E-state index in [9.17, 15) is 8.42 Å². The summed E-state index contributed by atoms with van der Waals surface area (Å²) in [6.45, 7) is 5.03. The van der Waals surface area contributed by atoms with Crippen LogP contribution in [0.3, 0.4) is 0 Å². The number of hydrogen-bond acceptors (Lipinski definition) is 9. The van der Waals surface area contributed by atoms with Crippen LogP contribution in [0.25, 0.3) is 0 Å². The summed E-state index contributed by atoms with van der Waals surface area (Å²) in [7, 11) is -4.73. The lowest BCUT2D eigenvalue weighted by atomic mass is 10.5. The van der Waals surface area contributed by atoms with E-state index in [4.69, 9.17) is 10.3 Å². The largest absolute Gasteiger partial charge is 0.870 e. The van der Waals surface area contributed by atoms with E-state index in [-0.39, 0.29) is 23.3 Å². The zero-order valence-electron chi connectivity index (χ0n) is 11.8. The molecule has 21 heavy (non-hydrogen) atoms. The van der Waals surface area contributed by atoms with Crippen LogP contribution in [0.5, 0.6) is 0 Å². The predicted molar refractivity (Wildman–Crippen MR) is 74.3 cm³/mol. The number of nitrogen functional groups attached to an aromatic ring is 1. The third kappa shape index (κ3) is 6.37. The number of nitrogens with one attached hydrogen (secondary N) is 2. The Morgan fingerprint density at radius 1 is 1.24 bits per heavy atom. The van der Waals surface area contributed by atoms with Gasteiger partial charge in [-0.25, -0.2) is 4.28 Å². The average molecular weight is 324 g/mol. The van der Waals surface area contributed by atoms with Gasteiger partial charge in [0.25, 0.3) is 0 Å². The molecule has 0 radical (unpaired) electrons. The van der Waals surface area contributed by atoms with Crippen molar-refractivity contribution in [2.75, 3.05) is 29.5 Å². The Labute approximate surface area is 122 Å². The molecule has 0 bridgehead atoms. The second kappa shape index (κ2) is 8.39. The van der Waals surface area contributed by atoms with Gasteiger partial charge in [0, 0.05) is 13.1 Å². The summed E-state index contributed by atoms with van der Waals surface area (Å²) in [5.74, 6) is -0.0106. The third-order valence-corrected chi connectivity index (χ3v) is 2.41. The Balaban J connectivity index is 0.00000400. The minimum Gasteiger partial charge on any atom is -0.870 e. The van der Waals surface area contributed by atoms with Crippen molar-refractivity contribution in [2.45, 2.75) is 26.7 Å². The maximum absolute atomic E-state index is 10.8. The normalized spacial score (nSPS) is 10.6. The summed E-state index contributed by atoms with van der Waals surface area (Å²) >= 11 is 0. The lowest BCUT2D eigenvalue weighted by Crippen LogP contribution is -2.51. The van der Waals surface area contributed by atoms with Gasteiger partial charge in [-0.3, -0.25) is 4.55 Å². The van der Waals surface area contributed by atoms with Crippen LogP contribution in [-0.4, -0.2) is 41.5 Å². The molecule has 122 valence electrons. The van der Waals surface area contributed by atoms with E-state index in [1.54, 1.807) is 0 Å². The molecule has 1 aromatic heterocycles. The number of nitrogens with two attached hydrogens (primary N) is 1. The smallest absolute Gasteiger partial charge is 0.472 e. The second-order valence-corrected chi connectivity index (χ2v) is 4.88. The van der Waals surface area contributed by atoms with Crippen molar-refractivity contribution in [3.8, 4) is 0 Å². The van der Waals surface area contributed by atoms with E-state index in [0.717, 1.165) is 12.8 Å². The fourth-order valence-electron chi connectivity index (χ4n) is 1.26. The van der Waals surface area contributed by atoms with E-state index < -0.39 is 10.4 Å². The van der Waals surface area contributed by atoms with E-state index in [0.29, 0.717) is 17.8 Å². The van der Waals surface area contributed by atoms with Crippen molar-refractivity contribution in [2.24, 2.45) is 0 Å². The van der Waals surface area contributed by atoms with Crippen LogP contribution >= 0.6 is 0 Å². The van der Waals surface area contributed by atoms with Gasteiger partial charge in [0.05, 0.1) is 0 Å². The standard InChI is InChI=1S/C9H18N6O4S.H2O/c1-3-5-11-8-13-7(10)15(19-20(16,17)18)9(14-8)12-6-4-2;/h3-6H2,1-2H3,(H4,10,11,12,13,14,16,17,18);1H2. The first-order valence-electron chi connectivity index (χ1n) is 6.12. The van der Waals surface area contributed by atoms with Gasteiger partial charge in [-0.2, -0.15) is 8.42 Å². The van der Waals surface area contributed by atoms with E-state index in [1.807, 2.05) is 13.8 Å². The van der Waals surface area contributed by atoms with Crippen molar-refractivity contribution < 1.29 is 27.5 Å². The number of hydrogen-bond donors (Lipinski definition) is 4. The van der Waals surface area contributed by atoms with Crippen LogP contribution in [0.2, 0.25) is 0 Å². The fraction of sp³-hybridized carbons (Fsp3) is 0.667. The van der Waals surface area contributed by atoms with Crippen molar-refractivity contribution in [1.82, 2.24) is 9.97 Å². The molecule has 0 fully saturated rings. The fourth-order valence-corrected chi connectivity index (χ4v) is 1.60. The minimum absolute atomic E-state index is 0. The van der Waals surface area contributed by atoms with Crippen LogP contribution < -0.4 is 25.4 Å². The highest BCUT2D eigenvalue weighted by molar-refractivity contribution is 7.80. The zero-order valence-corrected chi connectivity index (χ0v) is 12.6. The molecule has 0 unspecified atom stereocenters. The molecule has 1 heterocycles. The SMILES string of the molecule is CCCNc1nc(N)[n+](OS(=O)(=O)O)c(NCCC)n1.[OH-]. The molecular weight excluding hydrogens is 304 g/mol. The molecule has 1 rings (SSSR count). The Bertz CT molecular complexity index is 552. The van der Waals surface area contributed by atoms with Gasteiger partial charge in [-0.15, -0.1) is 0 Å². The molecule has 0 atom stereocenters. The summed E-state index contributed by atoms with van der Waals surface area (Å²) in [6.07, 6.45) is 1.63. The summed E-state index contributed by atoms with van der Waals surface area (Å²) in [5.41, 5.74) is 5.60. The highest BCUT2D eigenvalue weighted by Crippen LogP contribution is 2.05. The topological polar surface area (TPSA) is 173 Å². The molecule has 0 saturated carbocycles. The molecule has 0 aliphatic carbocycles. The first kappa shape index (κ1) is 19.1. The van der Waals surface area contributed by atoms with Gasteiger partial charge in [0.1, 0.15) is 0 Å². The summed E-state index contributed by atoms with van der Waals surface area (Å²) < 4.78 is 35.3. The van der Waals surface area contributed by atoms with Crippen LogP contribution in [0.4, 0.5) is 17.8 Å². The molecule has 0 amide bonds. The molecule has 0 spiro atoms. The van der Waals surface area contributed by atoms with Gasteiger partial charge in [-0.05, 0) is 17.6 Å². The van der Waals surface area contributed by atoms with E-state index in [1.165, 1.54) is 0 Å². The molecule has 12 heteroatoms. The Hall–Kier alpha value is -1.92. The Morgan fingerprint density at radius 2 is 1.81 bits per heavy atom. The second-order valence-electron chi connectivity index (χ2n) is 3.88. The van der Waals surface area contributed by atoms with Crippen molar-refractivity contribution in [3.05, 3.63) is 0 Å². The summed E-state index contributed by atoms with van der Waals surface area (Å²) in [6, 6.07) is 0. The highest BCUT2D eigenvalue weighted by atomic mass is 32.3. The van der Waals surface area contributed by atoms with Crippen molar-refractivity contribution in [1.29, 1.82) is 0 Å². The molecule has 0 aromatic carbocycles. The number of rotatable bonds is 8. The third-order valence-electron chi connectivity index (χ3n) is 2.07. The highest BCUT2D eigenvalue weighted by Gasteiger charge is 2.23. The average Bonchev–Trinajstić information content (AvgIpc) is 2.36. The van der Waals surface area contributed by atoms with Crippen molar-refractivity contribution in [3.63, 3.8) is 0 Å². The maximum atomic E-state index is 10.8.